The second-order valence-corrected chi connectivity index (χ2v) is 8.56. The van der Waals surface area contributed by atoms with Crippen LogP contribution in [0.5, 0.6) is 17.2 Å². The van der Waals surface area contributed by atoms with Gasteiger partial charge in [-0.25, -0.2) is 4.98 Å². The van der Waals surface area contributed by atoms with Gasteiger partial charge in [-0.05, 0) is 43.9 Å². The third-order valence-corrected chi connectivity index (χ3v) is 5.84. The number of hydrogen-bond acceptors (Lipinski definition) is 6. The lowest BCUT2D eigenvalue weighted by Crippen LogP contribution is -2.29. The molecule has 2 aliphatic rings. The summed E-state index contributed by atoms with van der Waals surface area (Å²) in [5.41, 5.74) is 7.50. The van der Waals surface area contributed by atoms with Gasteiger partial charge in [0.25, 0.3) is 5.91 Å². The van der Waals surface area contributed by atoms with Crippen molar-refractivity contribution in [2.45, 2.75) is 43.9 Å². The summed E-state index contributed by atoms with van der Waals surface area (Å²) in [6, 6.07) is 6.62. The average Bonchev–Trinajstić information content (AvgIpc) is 3.70. The Morgan fingerprint density at radius 2 is 2.06 bits per heavy atom. The number of amides is 1. The van der Waals surface area contributed by atoms with Gasteiger partial charge in [0, 0.05) is 23.9 Å². The van der Waals surface area contributed by atoms with Crippen LogP contribution in [0.15, 0.2) is 36.7 Å². The fourth-order valence-electron chi connectivity index (χ4n) is 3.59. The number of imidazole rings is 1. The predicted molar refractivity (Wildman–Crippen MR) is 116 cm³/mol. The van der Waals surface area contributed by atoms with Crippen LogP contribution in [-0.4, -0.2) is 47.2 Å². The third kappa shape index (κ3) is 4.56. The molecule has 1 aromatic carbocycles. The van der Waals surface area contributed by atoms with Crippen LogP contribution in [0, 0.1) is 0 Å². The number of halogens is 2. The van der Waals surface area contributed by atoms with Gasteiger partial charge in [-0.15, -0.1) is 0 Å². The summed E-state index contributed by atoms with van der Waals surface area (Å²) in [4.78, 5) is 17.1. The molecule has 2 aliphatic carbocycles. The first kappa shape index (κ1) is 21.4. The number of fused-ring (bicyclic) bond motifs is 1. The molecule has 1 amide bonds. The molecule has 2 heterocycles. The Balaban J connectivity index is 1.50. The highest BCUT2D eigenvalue weighted by Gasteiger charge is 2.39. The van der Waals surface area contributed by atoms with Crippen molar-refractivity contribution in [3.05, 3.63) is 42.2 Å². The molecule has 0 atom stereocenters. The summed E-state index contributed by atoms with van der Waals surface area (Å²) in [5.74, 6) is 0.00607. The first-order chi connectivity index (χ1) is 15.8. The van der Waals surface area contributed by atoms with Crippen LogP contribution in [0.25, 0.3) is 16.9 Å². The molecule has 2 saturated carbocycles. The van der Waals surface area contributed by atoms with Crippen LogP contribution >= 0.6 is 0 Å². The van der Waals surface area contributed by atoms with Crippen molar-refractivity contribution in [3.63, 3.8) is 0 Å². The van der Waals surface area contributed by atoms with Crippen LogP contribution < -0.4 is 25.3 Å². The van der Waals surface area contributed by atoms with E-state index >= 15 is 0 Å². The molecule has 3 N–H and O–H groups in total. The largest absolute Gasteiger partial charge is 0.496 e. The fourth-order valence-corrected chi connectivity index (χ4v) is 3.59. The standard InChI is InChI=1S/C23H24F2N4O4/c1-31-17-8-13(9-18(33-22(24)25)20(17)21(30)28-14-2-3-14)16-11-27-19-10-15(4-7-29(16)19)32-12-23(26)5-6-23/h4,7-11,14,22H,2-3,5-6,12,26H2,1H3,(H,28,30). The number of nitrogens with one attached hydrogen (secondary N) is 1. The van der Waals surface area contributed by atoms with Gasteiger partial charge in [0.05, 0.1) is 24.5 Å². The van der Waals surface area contributed by atoms with Crippen molar-refractivity contribution in [2.24, 2.45) is 5.73 Å². The molecule has 0 spiro atoms. The van der Waals surface area contributed by atoms with E-state index in [1.54, 1.807) is 35.0 Å². The minimum atomic E-state index is -3.10. The zero-order chi connectivity index (χ0) is 23.2. The van der Waals surface area contributed by atoms with Gasteiger partial charge >= 0.3 is 6.61 Å². The molecule has 10 heteroatoms. The molecular weight excluding hydrogens is 434 g/mol. The lowest BCUT2D eigenvalue weighted by atomic mass is 10.1. The minimum absolute atomic E-state index is 0.0468. The summed E-state index contributed by atoms with van der Waals surface area (Å²) < 4.78 is 44.0. The van der Waals surface area contributed by atoms with Gasteiger partial charge in [-0.1, -0.05) is 0 Å². The van der Waals surface area contributed by atoms with Crippen molar-refractivity contribution < 1.29 is 27.8 Å². The highest BCUT2D eigenvalue weighted by Crippen LogP contribution is 2.37. The Hall–Kier alpha value is -3.40. The smallest absolute Gasteiger partial charge is 0.387 e. The third-order valence-electron chi connectivity index (χ3n) is 5.84. The molecular formula is C23H24F2N4O4. The second-order valence-electron chi connectivity index (χ2n) is 8.56. The van der Waals surface area contributed by atoms with E-state index in [-0.39, 0.29) is 28.6 Å². The Bertz CT molecular complexity index is 1200. The van der Waals surface area contributed by atoms with Gasteiger partial charge in [-0.2, -0.15) is 8.78 Å². The number of aromatic nitrogens is 2. The Labute approximate surface area is 188 Å². The monoisotopic (exact) mass is 458 g/mol. The van der Waals surface area contributed by atoms with E-state index in [4.69, 9.17) is 19.9 Å². The summed E-state index contributed by atoms with van der Waals surface area (Å²) in [7, 11) is 1.38. The number of methoxy groups -OCH3 is 1. The minimum Gasteiger partial charge on any atom is -0.496 e. The van der Waals surface area contributed by atoms with Gasteiger partial charge in [0.2, 0.25) is 0 Å². The molecule has 3 aromatic rings. The molecule has 0 radical (unpaired) electrons. The summed E-state index contributed by atoms with van der Waals surface area (Å²) in [5, 5.41) is 2.79. The molecule has 33 heavy (non-hydrogen) atoms. The number of carbonyl (C=O) groups excluding carboxylic acids is 1. The van der Waals surface area contributed by atoms with Crippen molar-refractivity contribution in [3.8, 4) is 28.5 Å². The number of alkyl halides is 2. The van der Waals surface area contributed by atoms with E-state index in [1.807, 2.05) is 0 Å². The molecule has 0 unspecified atom stereocenters. The molecule has 0 aliphatic heterocycles. The maximum atomic E-state index is 13.2. The SMILES string of the molecule is COc1cc(-c2cnc3cc(OCC4(N)CC4)ccn23)cc(OC(F)F)c1C(=O)NC1CC1. The number of nitrogens with zero attached hydrogens (tertiary/aromatic N) is 2. The lowest BCUT2D eigenvalue weighted by molar-refractivity contribution is -0.0502. The molecule has 2 fully saturated rings. The highest BCUT2D eigenvalue weighted by molar-refractivity contribution is 6.01. The Kier molecular flexibility index (Phi) is 5.32. The number of pyridine rings is 1. The summed E-state index contributed by atoms with van der Waals surface area (Å²) >= 11 is 0. The molecule has 5 rings (SSSR count). The van der Waals surface area contributed by atoms with Gasteiger partial charge in [-0.3, -0.25) is 9.20 Å². The maximum Gasteiger partial charge on any atom is 0.387 e. The van der Waals surface area contributed by atoms with E-state index in [2.05, 4.69) is 10.3 Å². The van der Waals surface area contributed by atoms with E-state index in [1.165, 1.54) is 13.2 Å². The van der Waals surface area contributed by atoms with E-state index in [9.17, 15) is 13.6 Å². The molecule has 8 nitrogen and oxygen atoms in total. The normalized spacial score (nSPS) is 16.6. The van der Waals surface area contributed by atoms with Gasteiger partial charge in [0.1, 0.15) is 35.1 Å². The second kappa shape index (κ2) is 8.18. The van der Waals surface area contributed by atoms with Crippen molar-refractivity contribution >= 4 is 11.6 Å². The van der Waals surface area contributed by atoms with E-state index < -0.39 is 12.5 Å². The topological polar surface area (TPSA) is 100 Å². The lowest BCUT2D eigenvalue weighted by Gasteiger charge is -2.16. The van der Waals surface area contributed by atoms with E-state index in [0.29, 0.717) is 29.3 Å². The average molecular weight is 458 g/mol. The molecule has 0 saturated heterocycles. The summed E-state index contributed by atoms with van der Waals surface area (Å²) in [6.45, 7) is -2.66. The maximum absolute atomic E-state index is 13.2. The van der Waals surface area contributed by atoms with Crippen LogP contribution in [-0.2, 0) is 0 Å². The zero-order valence-electron chi connectivity index (χ0n) is 18.0. The van der Waals surface area contributed by atoms with Crippen LogP contribution in [0.4, 0.5) is 8.78 Å². The molecule has 0 bridgehead atoms. The molecule has 2 aromatic heterocycles. The Morgan fingerprint density at radius 1 is 1.30 bits per heavy atom. The van der Waals surface area contributed by atoms with Crippen LogP contribution in [0.3, 0.4) is 0 Å². The zero-order valence-corrected chi connectivity index (χ0v) is 18.0. The van der Waals surface area contributed by atoms with Crippen LogP contribution in [0.2, 0.25) is 0 Å². The molecule has 174 valence electrons. The number of rotatable bonds is 9. The number of carbonyl (C=O) groups is 1. The number of hydrogen-bond donors (Lipinski definition) is 2. The first-order valence-corrected chi connectivity index (χ1v) is 10.7. The quantitative estimate of drug-likeness (QED) is 0.510. The predicted octanol–water partition coefficient (Wildman–Crippen LogP) is 3.37. The van der Waals surface area contributed by atoms with Crippen molar-refractivity contribution in [1.82, 2.24) is 14.7 Å². The van der Waals surface area contributed by atoms with Crippen molar-refractivity contribution in [1.29, 1.82) is 0 Å². The number of benzene rings is 1. The highest BCUT2D eigenvalue weighted by atomic mass is 19.3. The van der Waals surface area contributed by atoms with Gasteiger partial charge in [0.15, 0.2) is 0 Å². The number of ether oxygens (including phenoxy) is 3. The van der Waals surface area contributed by atoms with Gasteiger partial charge < -0.3 is 25.3 Å². The first-order valence-electron chi connectivity index (χ1n) is 10.7. The fraction of sp³-hybridized carbons (Fsp3) is 0.391. The Morgan fingerprint density at radius 3 is 2.73 bits per heavy atom. The number of nitrogens with two attached hydrogens (primary N) is 1. The van der Waals surface area contributed by atoms with E-state index in [0.717, 1.165) is 25.7 Å². The summed E-state index contributed by atoms with van der Waals surface area (Å²) in [6.07, 6.45) is 6.99. The van der Waals surface area contributed by atoms with Crippen LogP contribution in [0.1, 0.15) is 36.0 Å². The van der Waals surface area contributed by atoms with Crippen molar-refractivity contribution in [2.75, 3.05) is 13.7 Å².